The van der Waals surface area contributed by atoms with E-state index in [0.29, 0.717) is 6.04 Å². The number of rotatable bonds is 3. The molecule has 1 aliphatic rings. The number of amidine groups is 1. The number of aryl methyl sites for hydroxylation is 1. The number of oxime groups is 1. The zero-order valence-corrected chi connectivity index (χ0v) is 12.5. The van der Waals surface area contributed by atoms with Crippen LogP contribution < -0.4 is 10.6 Å². The number of nitrogens with zero attached hydrogens (tertiary/aromatic N) is 3. The van der Waals surface area contributed by atoms with Crippen molar-refractivity contribution in [2.75, 3.05) is 31.1 Å². The first-order valence-corrected chi connectivity index (χ1v) is 7.10. The third kappa shape index (κ3) is 3.04. The number of piperazine rings is 1. The Morgan fingerprint density at radius 3 is 2.40 bits per heavy atom. The molecule has 110 valence electrons. The van der Waals surface area contributed by atoms with Gasteiger partial charge in [0.05, 0.1) is 0 Å². The lowest BCUT2D eigenvalue weighted by atomic mass is 10.1. The van der Waals surface area contributed by atoms with Crippen LogP contribution in [-0.4, -0.2) is 48.2 Å². The van der Waals surface area contributed by atoms with Gasteiger partial charge in [0.25, 0.3) is 0 Å². The number of hydrogen-bond acceptors (Lipinski definition) is 4. The van der Waals surface area contributed by atoms with Gasteiger partial charge in [0.2, 0.25) is 0 Å². The smallest absolute Gasteiger partial charge is 0.170 e. The third-order valence-electron chi connectivity index (χ3n) is 4.00. The van der Waals surface area contributed by atoms with Gasteiger partial charge in [0, 0.05) is 43.5 Å². The first kappa shape index (κ1) is 14.7. The summed E-state index contributed by atoms with van der Waals surface area (Å²) >= 11 is 0. The number of hydrogen-bond donors (Lipinski definition) is 2. The molecule has 3 N–H and O–H groups in total. The molecule has 1 aromatic carbocycles. The molecule has 0 aromatic heterocycles. The summed E-state index contributed by atoms with van der Waals surface area (Å²) in [6.07, 6.45) is 0. The Morgan fingerprint density at radius 1 is 1.25 bits per heavy atom. The topological polar surface area (TPSA) is 65.1 Å². The molecule has 20 heavy (non-hydrogen) atoms. The van der Waals surface area contributed by atoms with Crippen LogP contribution in [0.2, 0.25) is 0 Å². The fraction of sp³-hybridized carbons (Fsp3) is 0.533. The van der Waals surface area contributed by atoms with Crippen molar-refractivity contribution in [3.8, 4) is 0 Å². The first-order chi connectivity index (χ1) is 9.52. The number of nitrogens with two attached hydrogens (primary N) is 1. The van der Waals surface area contributed by atoms with Crippen molar-refractivity contribution in [3.05, 3.63) is 29.3 Å². The van der Waals surface area contributed by atoms with Crippen LogP contribution in [-0.2, 0) is 0 Å². The summed E-state index contributed by atoms with van der Waals surface area (Å²) in [4.78, 5) is 4.88. The molecule has 1 heterocycles. The highest BCUT2D eigenvalue weighted by Gasteiger charge is 2.19. The van der Waals surface area contributed by atoms with E-state index in [0.717, 1.165) is 37.3 Å². The highest BCUT2D eigenvalue weighted by Crippen LogP contribution is 2.21. The second-order valence-electron chi connectivity index (χ2n) is 5.60. The lowest BCUT2D eigenvalue weighted by Gasteiger charge is -2.38. The average Bonchev–Trinajstić information content (AvgIpc) is 2.46. The summed E-state index contributed by atoms with van der Waals surface area (Å²) in [7, 11) is 0. The zero-order valence-electron chi connectivity index (χ0n) is 12.5. The van der Waals surface area contributed by atoms with Crippen LogP contribution in [0.4, 0.5) is 5.69 Å². The van der Waals surface area contributed by atoms with Crippen molar-refractivity contribution in [1.29, 1.82) is 0 Å². The normalized spacial score (nSPS) is 17.8. The minimum atomic E-state index is 0.165. The van der Waals surface area contributed by atoms with E-state index in [1.165, 1.54) is 5.69 Å². The molecule has 5 heteroatoms. The molecule has 0 unspecified atom stereocenters. The van der Waals surface area contributed by atoms with Crippen LogP contribution in [0.1, 0.15) is 25.0 Å². The van der Waals surface area contributed by atoms with Crippen LogP contribution in [0.5, 0.6) is 0 Å². The minimum absolute atomic E-state index is 0.165. The maximum absolute atomic E-state index is 8.76. The molecule has 5 nitrogen and oxygen atoms in total. The molecule has 0 bridgehead atoms. The maximum Gasteiger partial charge on any atom is 0.170 e. The van der Waals surface area contributed by atoms with Crippen molar-refractivity contribution >= 4 is 11.5 Å². The zero-order chi connectivity index (χ0) is 14.7. The van der Waals surface area contributed by atoms with Crippen molar-refractivity contribution in [2.45, 2.75) is 26.8 Å². The second-order valence-corrected chi connectivity index (χ2v) is 5.60. The molecule has 1 saturated heterocycles. The molecule has 2 rings (SSSR count). The van der Waals surface area contributed by atoms with E-state index in [-0.39, 0.29) is 5.84 Å². The Hall–Kier alpha value is -1.75. The van der Waals surface area contributed by atoms with Gasteiger partial charge >= 0.3 is 0 Å². The van der Waals surface area contributed by atoms with Gasteiger partial charge in [0.1, 0.15) is 0 Å². The molecule has 1 fully saturated rings. The molecule has 0 saturated carbocycles. The van der Waals surface area contributed by atoms with E-state index in [1.807, 2.05) is 19.1 Å². The molecule has 0 amide bonds. The Morgan fingerprint density at radius 2 is 1.90 bits per heavy atom. The molecule has 1 aromatic rings. The molecule has 0 aliphatic carbocycles. The lowest BCUT2D eigenvalue weighted by Crippen LogP contribution is -2.48. The monoisotopic (exact) mass is 276 g/mol. The Kier molecular flexibility index (Phi) is 4.49. The van der Waals surface area contributed by atoms with E-state index in [2.05, 4.69) is 34.9 Å². The Balaban J connectivity index is 2.10. The van der Waals surface area contributed by atoms with Crippen LogP contribution in [0, 0.1) is 6.92 Å². The molecule has 0 spiro atoms. The summed E-state index contributed by atoms with van der Waals surface area (Å²) in [5.41, 5.74) is 8.68. The molecule has 1 aliphatic heterocycles. The van der Waals surface area contributed by atoms with Crippen LogP contribution >= 0.6 is 0 Å². The van der Waals surface area contributed by atoms with Crippen LogP contribution in [0.15, 0.2) is 23.4 Å². The van der Waals surface area contributed by atoms with E-state index in [1.54, 1.807) is 0 Å². The van der Waals surface area contributed by atoms with Gasteiger partial charge in [-0.2, -0.15) is 0 Å². The van der Waals surface area contributed by atoms with Gasteiger partial charge in [-0.3, -0.25) is 4.90 Å². The molecular weight excluding hydrogens is 252 g/mol. The average molecular weight is 276 g/mol. The van der Waals surface area contributed by atoms with Gasteiger partial charge in [0.15, 0.2) is 5.84 Å². The Labute approximate surface area is 120 Å². The molecular formula is C15H24N4O. The van der Waals surface area contributed by atoms with Gasteiger partial charge in [-0.25, -0.2) is 0 Å². The van der Waals surface area contributed by atoms with E-state index in [9.17, 15) is 0 Å². The van der Waals surface area contributed by atoms with E-state index >= 15 is 0 Å². The van der Waals surface area contributed by atoms with E-state index < -0.39 is 0 Å². The van der Waals surface area contributed by atoms with Crippen molar-refractivity contribution in [2.24, 2.45) is 10.9 Å². The van der Waals surface area contributed by atoms with Gasteiger partial charge < -0.3 is 15.8 Å². The standard InChI is InChI=1S/C15H24N4O/c1-11(2)18-6-8-19(9-7-18)13-4-5-14(12(3)10-13)15(16)17-20/h4-5,10-11,20H,6-9H2,1-3H3,(H2,16,17). The van der Waals surface area contributed by atoms with Crippen molar-refractivity contribution in [3.63, 3.8) is 0 Å². The fourth-order valence-electron chi connectivity index (χ4n) is 2.68. The van der Waals surface area contributed by atoms with Crippen molar-refractivity contribution in [1.82, 2.24) is 4.90 Å². The molecule has 0 atom stereocenters. The summed E-state index contributed by atoms with van der Waals surface area (Å²) in [6, 6.07) is 6.69. The highest BCUT2D eigenvalue weighted by atomic mass is 16.4. The SMILES string of the molecule is Cc1cc(N2CCN(C(C)C)CC2)ccc1/C(N)=N/O. The predicted octanol–water partition coefficient (Wildman–Crippen LogP) is 1.62. The second kappa shape index (κ2) is 6.13. The quantitative estimate of drug-likeness (QED) is 0.381. The van der Waals surface area contributed by atoms with E-state index in [4.69, 9.17) is 10.9 Å². The number of anilines is 1. The van der Waals surface area contributed by atoms with Crippen LogP contribution in [0.25, 0.3) is 0 Å². The van der Waals surface area contributed by atoms with Gasteiger partial charge in [-0.15, -0.1) is 0 Å². The summed E-state index contributed by atoms with van der Waals surface area (Å²) in [5.74, 6) is 0.165. The predicted molar refractivity (Wildman–Crippen MR) is 82.6 cm³/mol. The van der Waals surface area contributed by atoms with Gasteiger partial charge in [-0.05, 0) is 44.5 Å². The fourth-order valence-corrected chi connectivity index (χ4v) is 2.68. The largest absolute Gasteiger partial charge is 0.409 e. The van der Waals surface area contributed by atoms with Gasteiger partial charge in [-0.1, -0.05) is 5.16 Å². The summed E-state index contributed by atoms with van der Waals surface area (Å²) in [6.45, 7) is 10.7. The highest BCUT2D eigenvalue weighted by molar-refractivity contribution is 5.98. The maximum atomic E-state index is 8.76. The number of benzene rings is 1. The lowest BCUT2D eigenvalue weighted by molar-refractivity contribution is 0.209. The Bertz CT molecular complexity index is 491. The summed E-state index contributed by atoms with van der Waals surface area (Å²) < 4.78 is 0. The van der Waals surface area contributed by atoms with Crippen LogP contribution in [0.3, 0.4) is 0 Å². The third-order valence-corrected chi connectivity index (χ3v) is 4.00. The van der Waals surface area contributed by atoms with Crippen molar-refractivity contribution < 1.29 is 5.21 Å². The molecule has 0 radical (unpaired) electrons. The summed E-state index contributed by atoms with van der Waals surface area (Å²) in [5, 5.41) is 11.8. The first-order valence-electron chi connectivity index (χ1n) is 7.10. The minimum Gasteiger partial charge on any atom is -0.409 e.